The molecule has 1 aromatic heterocycles. The normalized spacial score (nSPS) is 11.1. The molecular formula is C14H18ClN3. The molecule has 0 spiro atoms. The van der Waals surface area contributed by atoms with Gasteiger partial charge in [-0.1, -0.05) is 31.5 Å². The standard InChI is InChI=1S/C14H18ClN3/c1-11(2)8-17-9-12-13(15)4-3-5-14(12)18-7-6-16-10-18/h3-7,10-11,17H,8-9H2,1-2H3. The number of nitrogens with zero attached hydrogens (tertiary/aromatic N) is 2. The predicted molar refractivity (Wildman–Crippen MR) is 75.1 cm³/mol. The summed E-state index contributed by atoms with van der Waals surface area (Å²) in [7, 11) is 0. The van der Waals surface area contributed by atoms with Crippen molar-refractivity contribution in [2.45, 2.75) is 20.4 Å². The molecule has 0 aliphatic rings. The summed E-state index contributed by atoms with van der Waals surface area (Å²) in [5.41, 5.74) is 2.19. The van der Waals surface area contributed by atoms with Gasteiger partial charge in [0.15, 0.2) is 0 Å². The van der Waals surface area contributed by atoms with Crippen molar-refractivity contribution < 1.29 is 0 Å². The average molecular weight is 264 g/mol. The van der Waals surface area contributed by atoms with Crippen molar-refractivity contribution >= 4 is 11.6 Å². The number of imidazole rings is 1. The molecule has 0 aliphatic heterocycles. The minimum Gasteiger partial charge on any atom is -0.312 e. The quantitative estimate of drug-likeness (QED) is 0.897. The first-order chi connectivity index (χ1) is 8.68. The van der Waals surface area contributed by atoms with Crippen LogP contribution in [0, 0.1) is 5.92 Å². The molecule has 1 N–H and O–H groups in total. The number of benzene rings is 1. The molecular weight excluding hydrogens is 246 g/mol. The maximum atomic E-state index is 6.29. The second kappa shape index (κ2) is 6.03. The summed E-state index contributed by atoms with van der Waals surface area (Å²) in [5, 5.41) is 4.22. The van der Waals surface area contributed by atoms with E-state index >= 15 is 0 Å². The molecule has 0 saturated carbocycles. The summed E-state index contributed by atoms with van der Waals surface area (Å²) in [6, 6.07) is 5.94. The van der Waals surface area contributed by atoms with E-state index < -0.39 is 0 Å². The molecule has 3 nitrogen and oxygen atoms in total. The number of nitrogens with one attached hydrogen (secondary N) is 1. The van der Waals surface area contributed by atoms with Crippen LogP contribution in [-0.2, 0) is 6.54 Å². The van der Waals surface area contributed by atoms with Crippen LogP contribution >= 0.6 is 11.6 Å². The number of hydrogen-bond acceptors (Lipinski definition) is 2. The Morgan fingerprint density at radius 3 is 2.89 bits per heavy atom. The van der Waals surface area contributed by atoms with Crippen LogP contribution in [0.1, 0.15) is 19.4 Å². The zero-order chi connectivity index (χ0) is 13.0. The van der Waals surface area contributed by atoms with Crippen molar-refractivity contribution in [3.8, 4) is 5.69 Å². The van der Waals surface area contributed by atoms with Crippen molar-refractivity contribution in [3.05, 3.63) is 47.5 Å². The van der Waals surface area contributed by atoms with E-state index in [1.54, 1.807) is 12.5 Å². The van der Waals surface area contributed by atoms with Crippen LogP contribution in [-0.4, -0.2) is 16.1 Å². The second-order valence-electron chi connectivity index (χ2n) is 4.73. The minimum absolute atomic E-state index is 0.629. The third-order valence-electron chi connectivity index (χ3n) is 2.73. The maximum absolute atomic E-state index is 6.29. The van der Waals surface area contributed by atoms with E-state index in [-0.39, 0.29) is 0 Å². The Hall–Kier alpha value is -1.32. The third kappa shape index (κ3) is 3.12. The number of aromatic nitrogens is 2. The zero-order valence-electron chi connectivity index (χ0n) is 10.7. The smallest absolute Gasteiger partial charge is 0.0991 e. The first-order valence-corrected chi connectivity index (χ1v) is 6.52. The second-order valence-corrected chi connectivity index (χ2v) is 5.14. The Bertz CT molecular complexity index is 492. The van der Waals surface area contributed by atoms with Crippen LogP contribution in [0.4, 0.5) is 0 Å². The number of halogens is 1. The van der Waals surface area contributed by atoms with E-state index in [2.05, 4.69) is 30.2 Å². The van der Waals surface area contributed by atoms with Gasteiger partial charge in [0.25, 0.3) is 0 Å². The molecule has 2 aromatic rings. The summed E-state index contributed by atoms with van der Waals surface area (Å²) in [6.45, 7) is 6.13. The lowest BCUT2D eigenvalue weighted by Crippen LogP contribution is -2.20. The van der Waals surface area contributed by atoms with Gasteiger partial charge in [-0.15, -0.1) is 0 Å². The largest absolute Gasteiger partial charge is 0.312 e. The molecule has 1 aromatic carbocycles. The topological polar surface area (TPSA) is 29.9 Å². The molecule has 0 aliphatic carbocycles. The molecule has 0 amide bonds. The molecule has 0 atom stereocenters. The van der Waals surface area contributed by atoms with Gasteiger partial charge in [0.2, 0.25) is 0 Å². The van der Waals surface area contributed by atoms with E-state index in [0.717, 1.165) is 29.4 Å². The molecule has 0 saturated heterocycles. The fraction of sp³-hybridized carbons (Fsp3) is 0.357. The molecule has 0 unspecified atom stereocenters. The van der Waals surface area contributed by atoms with E-state index in [9.17, 15) is 0 Å². The number of hydrogen-bond donors (Lipinski definition) is 1. The fourth-order valence-corrected chi connectivity index (χ4v) is 2.09. The summed E-state index contributed by atoms with van der Waals surface area (Å²) >= 11 is 6.29. The van der Waals surface area contributed by atoms with Gasteiger partial charge >= 0.3 is 0 Å². The Morgan fingerprint density at radius 1 is 1.39 bits per heavy atom. The van der Waals surface area contributed by atoms with Crippen LogP contribution in [0.3, 0.4) is 0 Å². The van der Waals surface area contributed by atoms with Gasteiger partial charge in [-0.25, -0.2) is 4.98 Å². The van der Waals surface area contributed by atoms with Crippen LogP contribution < -0.4 is 5.32 Å². The first kappa shape index (κ1) is 13.1. The van der Waals surface area contributed by atoms with Crippen molar-refractivity contribution in [1.82, 2.24) is 14.9 Å². The van der Waals surface area contributed by atoms with Crippen molar-refractivity contribution in [2.24, 2.45) is 5.92 Å². The van der Waals surface area contributed by atoms with Crippen LogP contribution in [0.2, 0.25) is 5.02 Å². The van der Waals surface area contributed by atoms with E-state index in [1.807, 2.05) is 22.9 Å². The highest BCUT2D eigenvalue weighted by molar-refractivity contribution is 6.31. The van der Waals surface area contributed by atoms with Crippen molar-refractivity contribution in [3.63, 3.8) is 0 Å². The Kier molecular flexibility index (Phi) is 4.39. The van der Waals surface area contributed by atoms with E-state index in [1.165, 1.54) is 0 Å². The molecule has 0 radical (unpaired) electrons. The fourth-order valence-electron chi connectivity index (χ4n) is 1.85. The summed E-state index contributed by atoms with van der Waals surface area (Å²) < 4.78 is 1.98. The van der Waals surface area contributed by atoms with E-state index in [0.29, 0.717) is 5.92 Å². The van der Waals surface area contributed by atoms with Gasteiger partial charge < -0.3 is 9.88 Å². The molecule has 2 rings (SSSR count). The molecule has 18 heavy (non-hydrogen) atoms. The minimum atomic E-state index is 0.629. The Labute approximate surface area is 113 Å². The molecule has 0 fully saturated rings. The Morgan fingerprint density at radius 2 is 2.22 bits per heavy atom. The van der Waals surface area contributed by atoms with Gasteiger partial charge in [-0.3, -0.25) is 0 Å². The van der Waals surface area contributed by atoms with Crippen LogP contribution in [0.25, 0.3) is 5.69 Å². The monoisotopic (exact) mass is 263 g/mol. The highest BCUT2D eigenvalue weighted by atomic mass is 35.5. The number of rotatable bonds is 5. The van der Waals surface area contributed by atoms with Gasteiger partial charge in [-0.2, -0.15) is 0 Å². The lowest BCUT2D eigenvalue weighted by Gasteiger charge is -2.14. The molecule has 96 valence electrons. The SMILES string of the molecule is CC(C)CNCc1c(Cl)cccc1-n1ccnc1. The zero-order valence-corrected chi connectivity index (χ0v) is 11.5. The van der Waals surface area contributed by atoms with Gasteiger partial charge in [0.05, 0.1) is 12.0 Å². The van der Waals surface area contributed by atoms with Crippen LogP contribution in [0.5, 0.6) is 0 Å². The summed E-state index contributed by atoms with van der Waals surface area (Å²) in [5.74, 6) is 0.629. The highest BCUT2D eigenvalue weighted by Crippen LogP contribution is 2.23. The molecule has 4 heteroatoms. The van der Waals surface area contributed by atoms with E-state index in [4.69, 9.17) is 11.6 Å². The average Bonchev–Trinajstić information content (AvgIpc) is 2.84. The highest BCUT2D eigenvalue weighted by Gasteiger charge is 2.08. The van der Waals surface area contributed by atoms with Gasteiger partial charge in [0.1, 0.15) is 0 Å². The van der Waals surface area contributed by atoms with Crippen molar-refractivity contribution in [1.29, 1.82) is 0 Å². The van der Waals surface area contributed by atoms with Crippen LogP contribution in [0.15, 0.2) is 36.9 Å². The molecule has 1 heterocycles. The summed E-state index contributed by atoms with van der Waals surface area (Å²) in [6.07, 6.45) is 5.49. The predicted octanol–water partition coefficient (Wildman–Crippen LogP) is 3.27. The summed E-state index contributed by atoms with van der Waals surface area (Å²) in [4.78, 5) is 4.08. The lowest BCUT2D eigenvalue weighted by atomic mass is 10.1. The van der Waals surface area contributed by atoms with Gasteiger partial charge in [-0.05, 0) is 24.6 Å². The first-order valence-electron chi connectivity index (χ1n) is 6.15. The van der Waals surface area contributed by atoms with Crippen molar-refractivity contribution in [2.75, 3.05) is 6.54 Å². The Balaban J connectivity index is 2.22. The van der Waals surface area contributed by atoms with Gasteiger partial charge in [0, 0.05) is 29.5 Å². The lowest BCUT2D eigenvalue weighted by molar-refractivity contribution is 0.552. The molecule has 0 bridgehead atoms. The third-order valence-corrected chi connectivity index (χ3v) is 3.09. The maximum Gasteiger partial charge on any atom is 0.0991 e.